The summed E-state index contributed by atoms with van der Waals surface area (Å²) in [6, 6.07) is 5.66. The number of urea groups is 1. The molecule has 4 N–H and O–H groups in total. The average molecular weight is 224 g/mol. The van der Waals surface area contributed by atoms with Crippen LogP contribution in [0.25, 0.3) is 0 Å². The number of nitro groups is 1. The minimum Gasteiger partial charge on any atom is -0.378 e. The first kappa shape index (κ1) is 11.8. The van der Waals surface area contributed by atoms with E-state index in [9.17, 15) is 14.9 Å². The number of hydrogen-bond acceptors (Lipinski definition) is 4. The standard InChI is InChI=1S/C9H12N4O3/c10-9(14)12-6-5-11-7-3-1-2-4-8(7)13(15)16/h1-4,11H,5-6H2,(H3,10,12,14). The molecule has 1 aromatic rings. The molecule has 0 atom stereocenters. The number of nitrogens with zero attached hydrogens (tertiary/aromatic N) is 1. The zero-order valence-electron chi connectivity index (χ0n) is 8.47. The summed E-state index contributed by atoms with van der Waals surface area (Å²) in [7, 11) is 0. The zero-order chi connectivity index (χ0) is 12.0. The molecule has 1 aromatic carbocycles. The van der Waals surface area contributed by atoms with Gasteiger partial charge in [0, 0.05) is 19.2 Å². The SMILES string of the molecule is NC(=O)NCCNc1ccccc1[N+](=O)[O-]. The van der Waals surface area contributed by atoms with Gasteiger partial charge in [0.05, 0.1) is 4.92 Å². The molecule has 0 radical (unpaired) electrons. The number of benzene rings is 1. The smallest absolute Gasteiger partial charge is 0.312 e. The molecule has 1 rings (SSSR count). The molecule has 0 spiro atoms. The largest absolute Gasteiger partial charge is 0.378 e. The minimum atomic E-state index is -0.621. The molecule has 0 aromatic heterocycles. The topological polar surface area (TPSA) is 110 Å². The summed E-state index contributed by atoms with van der Waals surface area (Å²) in [5, 5.41) is 15.8. The number of hydrogen-bond donors (Lipinski definition) is 3. The summed E-state index contributed by atoms with van der Waals surface area (Å²) in [6.07, 6.45) is 0. The Hall–Kier alpha value is -2.31. The van der Waals surface area contributed by atoms with Crippen molar-refractivity contribution in [3.8, 4) is 0 Å². The lowest BCUT2D eigenvalue weighted by Gasteiger charge is -2.06. The maximum Gasteiger partial charge on any atom is 0.312 e. The van der Waals surface area contributed by atoms with E-state index >= 15 is 0 Å². The van der Waals surface area contributed by atoms with Gasteiger partial charge in [-0.3, -0.25) is 10.1 Å². The average Bonchev–Trinajstić information content (AvgIpc) is 2.24. The Morgan fingerprint density at radius 1 is 1.38 bits per heavy atom. The van der Waals surface area contributed by atoms with Crippen LogP contribution in [0.1, 0.15) is 0 Å². The number of anilines is 1. The zero-order valence-corrected chi connectivity index (χ0v) is 8.47. The van der Waals surface area contributed by atoms with E-state index in [1.54, 1.807) is 18.2 Å². The van der Waals surface area contributed by atoms with Crippen molar-refractivity contribution in [1.29, 1.82) is 0 Å². The van der Waals surface area contributed by atoms with Gasteiger partial charge >= 0.3 is 6.03 Å². The molecular formula is C9H12N4O3. The van der Waals surface area contributed by atoms with Gasteiger partial charge in [0.1, 0.15) is 5.69 Å². The molecule has 0 bridgehead atoms. The fourth-order valence-electron chi connectivity index (χ4n) is 1.17. The Labute approximate surface area is 91.8 Å². The Morgan fingerprint density at radius 2 is 2.06 bits per heavy atom. The number of nitro benzene ring substituents is 1. The van der Waals surface area contributed by atoms with Gasteiger partial charge in [-0.15, -0.1) is 0 Å². The van der Waals surface area contributed by atoms with E-state index in [2.05, 4.69) is 10.6 Å². The Balaban J connectivity index is 2.53. The number of nitrogens with two attached hydrogens (primary N) is 1. The number of amides is 2. The lowest BCUT2D eigenvalue weighted by Crippen LogP contribution is -2.33. The highest BCUT2D eigenvalue weighted by Gasteiger charge is 2.10. The summed E-state index contributed by atoms with van der Waals surface area (Å²) in [5.41, 5.74) is 5.28. The summed E-state index contributed by atoms with van der Waals surface area (Å²) < 4.78 is 0. The van der Waals surface area contributed by atoms with Crippen molar-refractivity contribution >= 4 is 17.4 Å². The molecule has 0 aliphatic rings. The molecular weight excluding hydrogens is 212 g/mol. The normalized spacial score (nSPS) is 9.50. The molecule has 7 heteroatoms. The van der Waals surface area contributed by atoms with Crippen LogP contribution in [0.2, 0.25) is 0 Å². The number of rotatable bonds is 5. The molecule has 0 unspecified atom stereocenters. The van der Waals surface area contributed by atoms with Gasteiger partial charge in [0.25, 0.3) is 5.69 Å². The van der Waals surface area contributed by atoms with Crippen LogP contribution in [0.15, 0.2) is 24.3 Å². The van der Waals surface area contributed by atoms with Crippen LogP contribution in [0.5, 0.6) is 0 Å². The molecule has 0 saturated carbocycles. The van der Waals surface area contributed by atoms with Crippen molar-refractivity contribution in [3.63, 3.8) is 0 Å². The van der Waals surface area contributed by atoms with E-state index in [1.165, 1.54) is 6.07 Å². The van der Waals surface area contributed by atoms with Crippen LogP contribution >= 0.6 is 0 Å². The van der Waals surface area contributed by atoms with Crippen molar-refractivity contribution in [2.75, 3.05) is 18.4 Å². The molecule has 0 fully saturated rings. The number of primary amides is 1. The van der Waals surface area contributed by atoms with Gasteiger partial charge in [-0.2, -0.15) is 0 Å². The molecule has 2 amide bonds. The second-order valence-electron chi connectivity index (χ2n) is 2.99. The number of carbonyl (C=O) groups is 1. The van der Waals surface area contributed by atoms with E-state index in [0.29, 0.717) is 18.8 Å². The number of nitrogens with one attached hydrogen (secondary N) is 2. The van der Waals surface area contributed by atoms with Crippen molar-refractivity contribution < 1.29 is 9.72 Å². The third-order valence-corrected chi connectivity index (χ3v) is 1.84. The van der Waals surface area contributed by atoms with E-state index in [-0.39, 0.29) is 5.69 Å². The van der Waals surface area contributed by atoms with Gasteiger partial charge in [0.15, 0.2) is 0 Å². The first-order valence-corrected chi connectivity index (χ1v) is 4.62. The maximum absolute atomic E-state index is 10.6. The van der Waals surface area contributed by atoms with Crippen molar-refractivity contribution in [3.05, 3.63) is 34.4 Å². The van der Waals surface area contributed by atoms with Crippen LogP contribution < -0.4 is 16.4 Å². The van der Waals surface area contributed by atoms with Gasteiger partial charge < -0.3 is 16.4 Å². The monoisotopic (exact) mass is 224 g/mol. The van der Waals surface area contributed by atoms with E-state index in [0.717, 1.165) is 0 Å². The van der Waals surface area contributed by atoms with Gasteiger partial charge in [-0.1, -0.05) is 12.1 Å². The third kappa shape index (κ3) is 3.45. The van der Waals surface area contributed by atoms with Crippen LogP contribution in [-0.2, 0) is 0 Å². The third-order valence-electron chi connectivity index (χ3n) is 1.84. The summed E-state index contributed by atoms with van der Waals surface area (Å²) in [6.45, 7) is 0.676. The molecule has 0 saturated heterocycles. The molecule has 0 aliphatic carbocycles. The van der Waals surface area contributed by atoms with E-state index in [4.69, 9.17) is 5.73 Å². The van der Waals surface area contributed by atoms with Crippen LogP contribution in [0, 0.1) is 10.1 Å². The second-order valence-corrected chi connectivity index (χ2v) is 2.99. The Morgan fingerprint density at radius 3 is 2.69 bits per heavy atom. The summed E-state index contributed by atoms with van der Waals surface area (Å²) >= 11 is 0. The van der Waals surface area contributed by atoms with Crippen molar-refractivity contribution in [2.24, 2.45) is 5.73 Å². The Bertz CT molecular complexity index is 394. The number of carbonyl (C=O) groups excluding carboxylic acids is 1. The Kier molecular flexibility index (Phi) is 4.07. The molecule has 7 nitrogen and oxygen atoms in total. The lowest BCUT2D eigenvalue weighted by molar-refractivity contribution is -0.384. The van der Waals surface area contributed by atoms with Gasteiger partial charge in [0.2, 0.25) is 0 Å². The summed E-state index contributed by atoms with van der Waals surface area (Å²) in [5.74, 6) is 0. The molecule has 0 aliphatic heterocycles. The first-order valence-electron chi connectivity index (χ1n) is 4.62. The van der Waals surface area contributed by atoms with Crippen LogP contribution in [0.3, 0.4) is 0 Å². The molecule has 86 valence electrons. The number of para-hydroxylation sites is 2. The van der Waals surface area contributed by atoms with Crippen LogP contribution in [0.4, 0.5) is 16.2 Å². The predicted octanol–water partition coefficient (Wildman–Crippen LogP) is 0.675. The molecule has 0 heterocycles. The van der Waals surface area contributed by atoms with E-state index < -0.39 is 11.0 Å². The van der Waals surface area contributed by atoms with E-state index in [1.807, 2.05) is 0 Å². The lowest BCUT2D eigenvalue weighted by atomic mass is 10.2. The first-order chi connectivity index (χ1) is 7.61. The van der Waals surface area contributed by atoms with Crippen molar-refractivity contribution in [2.45, 2.75) is 0 Å². The fourth-order valence-corrected chi connectivity index (χ4v) is 1.17. The quantitative estimate of drug-likeness (QED) is 0.388. The fraction of sp³-hybridized carbons (Fsp3) is 0.222. The highest BCUT2D eigenvalue weighted by Crippen LogP contribution is 2.22. The molecule has 16 heavy (non-hydrogen) atoms. The van der Waals surface area contributed by atoms with Gasteiger partial charge in [-0.05, 0) is 6.07 Å². The van der Waals surface area contributed by atoms with Gasteiger partial charge in [-0.25, -0.2) is 4.79 Å². The summed E-state index contributed by atoms with van der Waals surface area (Å²) in [4.78, 5) is 20.5. The second kappa shape index (κ2) is 5.54. The van der Waals surface area contributed by atoms with Crippen LogP contribution in [-0.4, -0.2) is 24.0 Å². The highest BCUT2D eigenvalue weighted by molar-refractivity contribution is 5.71. The minimum absolute atomic E-state index is 0.00146. The van der Waals surface area contributed by atoms with Crippen molar-refractivity contribution in [1.82, 2.24) is 5.32 Å². The predicted molar refractivity (Wildman–Crippen MR) is 59.2 cm³/mol. The maximum atomic E-state index is 10.6. The highest BCUT2D eigenvalue weighted by atomic mass is 16.6.